The summed E-state index contributed by atoms with van der Waals surface area (Å²) in [5.74, 6) is 0. The van der Waals surface area contributed by atoms with E-state index in [1.54, 1.807) is 12.1 Å². The average Bonchev–Trinajstić information content (AvgIpc) is 2.39. The Kier molecular flexibility index (Phi) is 3.69. The number of hydrogen-bond acceptors (Lipinski definition) is 3. The van der Waals surface area contributed by atoms with Gasteiger partial charge in [-0.15, -0.1) is 0 Å². The largest absolute Gasteiger partial charge is 0.391 e. The van der Waals surface area contributed by atoms with E-state index < -0.39 is 4.92 Å². The van der Waals surface area contributed by atoms with E-state index in [1.807, 2.05) is 30.3 Å². The molecule has 18 heavy (non-hydrogen) atoms. The van der Waals surface area contributed by atoms with Crippen molar-refractivity contribution in [2.24, 2.45) is 0 Å². The lowest BCUT2D eigenvalue weighted by atomic mass is 10.0. The third-order valence-electron chi connectivity index (χ3n) is 2.76. The summed E-state index contributed by atoms with van der Waals surface area (Å²) in [6.07, 6.45) is 0.700. The zero-order valence-corrected chi connectivity index (χ0v) is 9.74. The molecule has 0 saturated heterocycles. The molecule has 0 saturated carbocycles. The number of aliphatic hydroxyl groups is 1. The summed E-state index contributed by atoms with van der Waals surface area (Å²) in [6, 6.07) is 14.7. The van der Waals surface area contributed by atoms with Crippen molar-refractivity contribution < 1.29 is 10.0 Å². The SMILES string of the molecule is O=[N+]([O-])c1ccc(Cc2ccccc2)cc1CO. The highest BCUT2D eigenvalue weighted by molar-refractivity contribution is 5.43. The number of hydrogen-bond donors (Lipinski definition) is 1. The van der Waals surface area contributed by atoms with Gasteiger partial charge in [0.25, 0.3) is 5.69 Å². The van der Waals surface area contributed by atoms with Crippen LogP contribution in [0.25, 0.3) is 0 Å². The van der Waals surface area contributed by atoms with E-state index in [2.05, 4.69) is 0 Å². The molecule has 1 N–H and O–H groups in total. The maximum Gasteiger partial charge on any atom is 0.274 e. The predicted octanol–water partition coefficient (Wildman–Crippen LogP) is 2.68. The molecule has 0 aromatic heterocycles. The second-order valence-corrected chi connectivity index (χ2v) is 4.04. The van der Waals surface area contributed by atoms with Crippen molar-refractivity contribution in [3.8, 4) is 0 Å². The zero-order valence-electron chi connectivity index (χ0n) is 9.74. The summed E-state index contributed by atoms with van der Waals surface area (Å²) in [7, 11) is 0. The van der Waals surface area contributed by atoms with E-state index in [0.717, 1.165) is 11.1 Å². The average molecular weight is 243 g/mol. The van der Waals surface area contributed by atoms with E-state index in [9.17, 15) is 10.1 Å². The van der Waals surface area contributed by atoms with Crippen molar-refractivity contribution >= 4 is 5.69 Å². The second-order valence-electron chi connectivity index (χ2n) is 4.04. The normalized spacial score (nSPS) is 10.3. The van der Waals surface area contributed by atoms with Gasteiger partial charge in [-0.05, 0) is 23.6 Å². The Hall–Kier alpha value is -2.20. The standard InChI is InChI=1S/C14H13NO3/c16-10-13-9-12(6-7-14(13)15(17)18)8-11-4-2-1-3-5-11/h1-7,9,16H,8,10H2. The number of rotatable bonds is 4. The smallest absolute Gasteiger partial charge is 0.274 e. The zero-order chi connectivity index (χ0) is 13.0. The highest BCUT2D eigenvalue weighted by Crippen LogP contribution is 2.21. The fourth-order valence-electron chi connectivity index (χ4n) is 1.89. The molecule has 0 atom stereocenters. The summed E-state index contributed by atoms with van der Waals surface area (Å²) in [5.41, 5.74) is 2.41. The number of aliphatic hydroxyl groups excluding tert-OH is 1. The van der Waals surface area contributed by atoms with Crippen LogP contribution < -0.4 is 0 Å². The quantitative estimate of drug-likeness (QED) is 0.663. The lowest BCUT2D eigenvalue weighted by Crippen LogP contribution is -1.97. The predicted molar refractivity (Wildman–Crippen MR) is 68.3 cm³/mol. The van der Waals surface area contributed by atoms with Crippen molar-refractivity contribution in [1.82, 2.24) is 0 Å². The van der Waals surface area contributed by atoms with E-state index >= 15 is 0 Å². The lowest BCUT2D eigenvalue weighted by molar-refractivity contribution is -0.385. The summed E-state index contributed by atoms with van der Waals surface area (Å²) >= 11 is 0. The molecule has 4 nitrogen and oxygen atoms in total. The van der Waals surface area contributed by atoms with Gasteiger partial charge in [0, 0.05) is 6.07 Å². The van der Waals surface area contributed by atoms with Gasteiger partial charge < -0.3 is 5.11 Å². The molecule has 0 aliphatic carbocycles. The van der Waals surface area contributed by atoms with Gasteiger partial charge in [0.2, 0.25) is 0 Å². The van der Waals surface area contributed by atoms with Gasteiger partial charge in [0.1, 0.15) is 0 Å². The van der Waals surface area contributed by atoms with Crippen LogP contribution in [0.5, 0.6) is 0 Å². The molecule has 2 aromatic carbocycles. The topological polar surface area (TPSA) is 63.4 Å². The lowest BCUT2D eigenvalue weighted by Gasteiger charge is -2.05. The summed E-state index contributed by atoms with van der Waals surface area (Å²) in [5, 5.41) is 19.9. The fraction of sp³-hybridized carbons (Fsp3) is 0.143. The maximum absolute atomic E-state index is 10.7. The summed E-state index contributed by atoms with van der Waals surface area (Å²) < 4.78 is 0. The minimum Gasteiger partial charge on any atom is -0.391 e. The van der Waals surface area contributed by atoms with Crippen LogP contribution >= 0.6 is 0 Å². The molecule has 0 aliphatic rings. The number of benzene rings is 2. The monoisotopic (exact) mass is 243 g/mol. The van der Waals surface area contributed by atoms with E-state index in [4.69, 9.17) is 5.11 Å². The highest BCUT2D eigenvalue weighted by Gasteiger charge is 2.13. The summed E-state index contributed by atoms with van der Waals surface area (Å²) in [6.45, 7) is -0.320. The Morgan fingerprint density at radius 2 is 1.78 bits per heavy atom. The van der Waals surface area contributed by atoms with Crippen LogP contribution in [0.15, 0.2) is 48.5 Å². The fourth-order valence-corrected chi connectivity index (χ4v) is 1.89. The molecule has 0 bridgehead atoms. The van der Waals surface area contributed by atoms with Crippen LogP contribution in [0.1, 0.15) is 16.7 Å². The van der Waals surface area contributed by atoms with Gasteiger partial charge >= 0.3 is 0 Å². The Balaban J connectivity index is 2.28. The highest BCUT2D eigenvalue weighted by atomic mass is 16.6. The molecular formula is C14H13NO3. The first-order chi connectivity index (χ1) is 8.70. The van der Waals surface area contributed by atoms with Crippen LogP contribution in [0.4, 0.5) is 5.69 Å². The molecule has 4 heteroatoms. The third kappa shape index (κ3) is 2.73. The first-order valence-electron chi connectivity index (χ1n) is 5.61. The first-order valence-corrected chi connectivity index (χ1v) is 5.61. The molecule has 0 amide bonds. The van der Waals surface area contributed by atoms with Gasteiger partial charge in [-0.2, -0.15) is 0 Å². The minimum atomic E-state index is -0.474. The molecule has 92 valence electrons. The van der Waals surface area contributed by atoms with Crippen molar-refractivity contribution in [3.05, 3.63) is 75.3 Å². The van der Waals surface area contributed by atoms with Crippen LogP contribution in [0.3, 0.4) is 0 Å². The maximum atomic E-state index is 10.7. The van der Waals surface area contributed by atoms with Crippen LogP contribution in [-0.4, -0.2) is 10.0 Å². The second kappa shape index (κ2) is 5.42. The molecule has 2 rings (SSSR count). The van der Waals surface area contributed by atoms with Crippen LogP contribution in [0.2, 0.25) is 0 Å². The van der Waals surface area contributed by atoms with Gasteiger partial charge in [0.05, 0.1) is 17.1 Å². The molecular weight excluding hydrogens is 230 g/mol. The molecule has 0 radical (unpaired) electrons. The minimum absolute atomic E-state index is 0.0330. The Labute approximate surface area is 105 Å². The molecule has 0 heterocycles. The van der Waals surface area contributed by atoms with E-state index in [-0.39, 0.29) is 12.3 Å². The van der Waals surface area contributed by atoms with Crippen molar-refractivity contribution in [2.75, 3.05) is 0 Å². The van der Waals surface area contributed by atoms with Gasteiger partial charge in [-0.25, -0.2) is 0 Å². The van der Waals surface area contributed by atoms with Gasteiger partial charge in [-0.3, -0.25) is 10.1 Å². The Morgan fingerprint density at radius 3 is 2.39 bits per heavy atom. The van der Waals surface area contributed by atoms with Crippen molar-refractivity contribution in [3.63, 3.8) is 0 Å². The molecule has 2 aromatic rings. The van der Waals surface area contributed by atoms with Crippen LogP contribution in [-0.2, 0) is 13.0 Å². The van der Waals surface area contributed by atoms with Crippen molar-refractivity contribution in [1.29, 1.82) is 0 Å². The number of nitrogens with zero attached hydrogens (tertiary/aromatic N) is 1. The molecule has 0 spiro atoms. The third-order valence-corrected chi connectivity index (χ3v) is 2.76. The van der Waals surface area contributed by atoms with Crippen molar-refractivity contribution in [2.45, 2.75) is 13.0 Å². The van der Waals surface area contributed by atoms with Gasteiger partial charge in [0.15, 0.2) is 0 Å². The Morgan fingerprint density at radius 1 is 1.06 bits per heavy atom. The van der Waals surface area contributed by atoms with E-state index in [1.165, 1.54) is 6.07 Å². The first kappa shape index (κ1) is 12.3. The molecule has 0 aliphatic heterocycles. The number of nitro benzene ring substituents is 1. The number of nitro groups is 1. The van der Waals surface area contributed by atoms with Crippen LogP contribution in [0, 0.1) is 10.1 Å². The Bertz CT molecular complexity index is 552. The summed E-state index contributed by atoms with van der Waals surface area (Å²) in [4.78, 5) is 10.3. The van der Waals surface area contributed by atoms with E-state index in [0.29, 0.717) is 12.0 Å². The van der Waals surface area contributed by atoms with Gasteiger partial charge in [-0.1, -0.05) is 36.4 Å². The molecule has 0 fully saturated rings. The molecule has 0 unspecified atom stereocenters.